The van der Waals surface area contributed by atoms with Gasteiger partial charge in [-0.15, -0.1) is 0 Å². The lowest BCUT2D eigenvalue weighted by Gasteiger charge is -2.40. The summed E-state index contributed by atoms with van der Waals surface area (Å²) in [6, 6.07) is 8.49. The number of allylic oxidation sites excluding steroid dienone is 3. The Balaban J connectivity index is 1.90. The van der Waals surface area contributed by atoms with Gasteiger partial charge in [0.25, 0.3) is 5.91 Å². The Morgan fingerprint density at radius 3 is 2.40 bits per heavy atom. The van der Waals surface area contributed by atoms with Gasteiger partial charge >= 0.3 is 0 Å². The molecule has 0 spiro atoms. The Labute approximate surface area is 203 Å². The van der Waals surface area contributed by atoms with Crippen molar-refractivity contribution in [3.05, 3.63) is 76.1 Å². The molecule has 6 nitrogen and oxygen atoms in total. The number of dihydropyridines is 1. The number of hydrogen-bond acceptors (Lipinski definition) is 5. The molecule has 184 valence electrons. The Morgan fingerprint density at radius 1 is 1.09 bits per heavy atom. The Morgan fingerprint density at radius 2 is 1.77 bits per heavy atom. The van der Waals surface area contributed by atoms with Crippen LogP contribution in [-0.2, 0) is 9.59 Å². The summed E-state index contributed by atoms with van der Waals surface area (Å²) in [7, 11) is 3.02. The van der Waals surface area contributed by atoms with Gasteiger partial charge in [0.2, 0.25) is 0 Å². The number of carbonyl (C=O) groups excluding carboxylic acids is 2. The van der Waals surface area contributed by atoms with E-state index in [1.165, 1.54) is 20.3 Å². The van der Waals surface area contributed by atoms with Gasteiger partial charge in [0.05, 0.1) is 20.1 Å². The van der Waals surface area contributed by atoms with Crippen molar-refractivity contribution in [2.24, 2.45) is 5.41 Å². The third-order valence-electron chi connectivity index (χ3n) is 6.43. The minimum atomic E-state index is -0.897. The first-order chi connectivity index (χ1) is 16.6. The average molecular weight is 483 g/mol. The van der Waals surface area contributed by atoms with Crippen LogP contribution in [0.1, 0.15) is 45.1 Å². The summed E-state index contributed by atoms with van der Waals surface area (Å²) in [4.78, 5) is 27.1. The first-order valence-corrected chi connectivity index (χ1v) is 11.3. The molecule has 0 saturated heterocycles. The van der Waals surface area contributed by atoms with E-state index in [4.69, 9.17) is 9.47 Å². The maximum Gasteiger partial charge on any atom is 0.254 e. The minimum Gasteiger partial charge on any atom is -0.497 e. The van der Waals surface area contributed by atoms with Crippen LogP contribution >= 0.6 is 0 Å². The summed E-state index contributed by atoms with van der Waals surface area (Å²) in [5.74, 6) is -2.47. The molecule has 1 atom stereocenters. The van der Waals surface area contributed by atoms with E-state index >= 15 is 0 Å². The van der Waals surface area contributed by atoms with Gasteiger partial charge in [-0.25, -0.2) is 8.78 Å². The van der Waals surface area contributed by atoms with Crippen LogP contribution in [0.2, 0.25) is 0 Å². The van der Waals surface area contributed by atoms with Gasteiger partial charge in [-0.3, -0.25) is 9.59 Å². The number of Topliss-reactive ketones (excluding diaryl/α,β-unsaturated/α-hetero) is 1. The standard InChI is InChI=1S/C27H28F2N2O4/c1-14-22(26(33)31-25-17(28)7-6-8-18(25)29)23(16-11-15(34-4)9-10-21(16)35-5)24-19(30-14)12-27(2,3)13-20(24)32/h6-11,23,30H,12-13H2,1-5H3,(H,31,33). The predicted molar refractivity (Wildman–Crippen MR) is 128 cm³/mol. The summed E-state index contributed by atoms with van der Waals surface area (Å²) in [6.07, 6.45) is 0.900. The molecule has 2 aromatic rings. The molecule has 2 aromatic carbocycles. The molecule has 1 amide bonds. The van der Waals surface area contributed by atoms with Crippen LogP contribution in [0.25, 0.3) is 0 Å². The van der Waals surface area contributed by atoms with Crippen molar-refractivity contribution in [3.8, 4) is 11.5 Å². The number of amides is 1. The van der Waals surface area contributed by atoms with Crippen molar-refractivity contribution >= 4 is 17.4 Å². The number of hydrogen-bond donors (Lipinski definition) is 2. The molecular weight excluding hydrogens is 454 g/mol. The van der Waals surface area contributed by atoms with Gasteiger partial charge in [-0.1, -0.05) is 19.9 Å². The SMILES string of the molecule is COc1ccc(OC)c(C2C(C(=O)Nc3c(F)cccc3F)=C(C)NC3=C2C(=O)CC(C)(C)C3)c1. The van der Waals surface area contributed by atoms with Crippen molar-refractivity contribution in [2.75, 3.05) is 19.5 Å². The lowest BCUT2D eigenvalue weighted by atomic mass is 9.68. The minimum absolute atomic E-state index is 0.103. The highest BCUT2D eigenvalue weighted by molar-refractivity contribution is 6.10. The number of ether oxygens (including phenoxy) is 2. The number of anilines is 1. The molecule has 35 heavy (non-hydrogen) atoms. The molecule has 2 N–H and O–H groups in total. The number of methoxy groups -OCH3 is 2. The number of halogens is 2. The summed E-state index contributed by atoms with van der Waals surface area (Å²) in [5, 5.41) is 5.61. The molecule has 1 aliphatic heterocycles. The maximum atomic E-state index is 14.3. The fraction of sp³-hybridized carbons (Fsp3) is 0.333. The van der Waals surface area contributed by atoms with Crippen LogP contribution in [0, 0.1) is 17.0 Å². The normalized spacial score (nSPS) is 19.2. The molecule has 4 rings (SSSR count). The third-order valence-corrected chi connectivity index (χ3v) is 6.43. The van der Waals surface area contributed by atoms with E-state index in [9.17, 15) is 18.4 Å². The van der Waals surface area contributed by atoms with E-state index in [1.807, 2.05) is 13.8 Å². The maximum absolute atomic E-state index is 14.3. The molecule has 0 saturated carbocycles. The Kier molecular flexibility index (Phi) is 6.40. The van der Waals surface area contributed by atoms with Crippen molar-refractivity contribution in [1.29, 1.82) is 0 Å². The number of rotatable bonds is 5. The predicted octanol–water partition coefficient (Wildman–Crippen LogP) is 5.22. The van der Waals surface area contributed by atoms with Crippen molar-refractivity contribution in [1.82, 2.24) is 5.32 Å². The molecule has 1 heterocycles. The second-order valence-corrected chi connectivity index (χ2v) is 9.59. The smallest absolute Gasteiger partial charge is 0.254 e. The zero-order chi connectivity index (χ0) is 25.5. The zero-order valence-electron chi connectivity index (χ0n) is 20.3. The lowest BCUT2D eigenvalue weighted by Crippen LogP contribution is -2.39. The van der Waals surface area contributed by atoms with Crippen LogP contribution in [0.15, 0.2) is 58.9 Å². The van der Waals surface area contributed by atoms with Crippen LogP contribution in [0.5, 0.6) is 11.5 Å². The topological polar surface area (TPSA) is 76.7 Å². The molecule has 0 radical (unpaired) electrons. The molecule has 2 aliphatic rings. The number of ketones is 1. The third kappa shape index (κ3) is 4.52. The van der Waals surface area contributed by atoms with E-state index < -0.39 is 29.1 Å². The second kappa shape index (κ2) is 9.17. The molecule has 0 bridgehead atoms. The first-order valence-electron chi connectivity index (χ1n) is 11.3. The van der Waals surface area contributed by atoms with Gasteiger partial charge in [0.15, 0.2) is 5.78 Å². The van der Waals surface area contributed by atoms with E-state index in [1.54, 1.807) is 25.1 Å². The number of carbonyl (C=O) groups is 2. The molecular formula is C27H28F2N2O4. The van der Waals surface area contributed by atoms with Crippen LogP contribution in [-0.4, -0.2) is 25.9 Å². The van der Waals surface area contributed by atoms with Gasteiger partial charge in [0.1, 0.15) is 28.8 Å². The van der Waals surface area contributed by atoms with Crippen molar-refractivity contribution < 1.29 is 27.8 Å². The van der Waals surface area contributed by atoms with Gasteiger partial charge < -0.3 is 20.1 Å². The summed E-state index contributed by atoms with van der Waals surface area (Å²) < 4.78 is 39.7. The highest BCUT2D eigenvalue weighted by Crippen LogP contribution is 2.49. The highest BCUT2D eigenvalue weighted by Gasteiger charge is 2.43. The van der Waals surface area contributed by atoms with Crippen molar-refractivity contribution in [3.63, 3.8) is 0 Å². The molecule has 1 unspecified atom stereocenters. The summed E-state index contributed by atoms with van der Waals surface area (Å²) in [5.41, 5.74) is 1.57. The first kappa shape index (κ1) is 24.4. The van der Waals surface area contributed by atoms with Gasteiger partial charge in [-0.05, 0) is 49.1 Å². The molecule has 8 heteroatoms. The largest absolute Gasteiger partial charge is 0.497 e. The Hall–Kier alpha value is -3.68. The fourth-order valence-electron chi connectivity index (χ4n) is 4.91. The van der Waals surface area contributed by atoms with Crippen LogP contribution in [0.3, 0.4) is 0 Å². The van der Waals surface area contributed by atoms with E-state index in [-0.39, 0.29) is 16.8 Å². The zero-order valence-corrected chi connectivity index (χ0v) is 20.3. The quantitative estimate of drug-likeness (QED) is 0.611. The summed E-state index contributed by atoms with van der Waals surface area (Å²) >= 11 is 0. The van der Waals surface area contributed by atoms with Gasteiger partial charge in [-0.2, -0.15) is 0 Å². The Bertz CT molecular complexity index is 1260. The number of benzene rings is 2. The molecule has 1 aliphatic carbocycles. The summed E-state index contributed by atoms with van der Waals surface area (Å²) in [6.45, 7) is 5.74. The highest BCUT2D eigenvalue weighted by atomic mass is 19.1. The van der Waals surface area contributed by atoms with E-state index in [0.29, 0.717) is 41.2 Å². The number of nitrogens with one attached hydrogen (secondary N) is 2. The number of para-hydroxylation sites is 1. The van der Waals surface area contributed by atoms with Crippen LogP contribution < -0.4 is 20.1 Å². The molecule has 0 fully saturated rings. The second-order valence-electron chi connectivity index (χ2n) is 9.59. The van der Waals surface area contributed by atoms with Gasteiger partial charge in [0, 0.05) is 34.5 Å². The van der Waals surface area contributed by atoms with E-state index in [2.05, 4.69) is 10.6 Å². The molecule has 0 aromatic heterocycles. The average Bonchev–Trinajstić information content (AvgIpc) is 2.79. The van der Waals surface area contributed by atoms with E-state index in [0.717, 1.165) is 17.8 Å². The monoisotopic (exact) mass is 482 g/mol. The van der Waals surface area contributed by atoms with Crippen molar-refractivity contribution in [2.45, 2.75) is 39.5 Å². The fourth-order valence-corrected chi connectivity index (χ4v) is 4.91. The van der Waals surface area contributed by atoms with Crippen LogP contribution in [0.4, 0.5) is 14.5 Å². The lowest BCUT2D eigenvalue weighted by molar-refractivity contribution is -0.118.